The predicted molar refractivity (Wildman–Crippen MR) is 177 cm³/mol. The first-order valence-electron chi connectivity index (χ1n) is 14.7. The zero-order valence-electron chi connectivity index (χ0n) is 26.3. The lowest BCUT2D eigenvalue weighted by molar-refractivity contribution is -0.154. The van der Waals surface area contributed by atoms with Gasteiger partial charge in [-0.15, -0.1) is 0 Å². The summed E-state index contributed by atoms with van der Waals surface area (Å²) >= 11 is 11.9. The molecule has 0 fully saturated rings. The summed E-state index contributed by atoms with van der Waals surface area (Å²) in [5.41, 5.74) is -1.000. The van der Waals surface area contributed by atoms with Crippen LogP contribution in [-0.2, 0) is 0 Å². The molecule has 0 radical (unpaired) electrons. The van der Waals surface area contributed by atoms with Gasteiger partial charge >= 0.3 is 24.1 Å². The molecule has 0 aliphatic rings. The van der Waals surface area contributed by atoms with E-state index in [0.717, 1.165) is 4.57 Å². The molecule has 6 aromatic rings. The number of nitrogens with one attached hydrogen (secondary N) is 1. The highest BCUT2D eigenvalue weighted by Crippen LogP contribution is 2.25. The van der Waals surface area contributed by atoms with E-state index in [0.29, 0.717) is 5.69 Å². The van der Waals surface area contributed by atoms with Crippen molar-refractivity contribution in [2.75, 3.05) is 19.8 Å². The van der Waals surface area contributed by atoms with Gasteiger partial charge in [0.2, 0.25) is 0 Å². The van der Waals surface area contributed by atoms with Crippen LogP contribution in [0.2, 0.25) is 10.3 Å². The zero-order chi connectivity index (χ0) is 37.8. The van der Waals surface area contributed by atoms with E-state index in [1.807, 2.05) is 0 Å². The fourth-order valence-corrected chi connectivity index (χ4v) is 4.98. The zero-order valence-corrected chi connectivity index (χ0v) is 27.8. The number of rotatable bonds is 8. The number of hydrogen-bond acceptors (Lipinski definition) is 9. The molecule has 0 amide bonds. The molecule has 0 saturated carbocycles. The van der Waals surface area contributed by atoms with Gasteiger partial charge in [0, 0.05) is 12.4 Å². The van der Waals surface area contributed by atoms with Crippen molar-refractivity contribution in [1.29, 1.82) is 0 Å². The van der Waals surface area contributed by atoms with Crippen LogP contribution in [0.3, 0.4) is 0 Å². The summed E-state index contributed by atoms with van der Waals surface area (Å²) in [4.78, 5) is 52.0. The molecule has 0 aliphatic carbocycles. The van der Waals surface area contributed by atoms with Gasteiger partial charge in [-0.1, -0.05) is 23.2 Å². The van der Waals surface area contributed by atoms with E-state index in [4.69, 9.17) is 27.9 Å². The quantitative estimate of drug-likeness (QED) is 0.137. The number of pyridine rings is 2. The summed E-state index contributed by atoms with van der Waals surface area (Å²) < 4.78 is 89.9. The minimum absolute atomic E-state index is 0.00569. The van der Waals surface area contributed by atoms with Crippen LogP contribution in [0.4, 0.5) is 26.3 Å². The van der Waals surface area contributed by atoms with Crippen LogP contribution in [0, 0.1) is 0 Å². The molecule has 0 atom stereocenters. The van der Waals surface area contributed by atoms with Crippen LogP contribution in [-0.4, -0.2) is 61.2 Å². The second-order valence-electron chi connectivity index (χ2n) is 10.4. The Bertz CT molecular complexity index is 2400. The maximum absolute atomic E-state index is 12.9. The van der Waals surface area contributed by atoms with Gasteiger partial charge < -0.3 is 19.2 Å². The molecule has 4 heterocycles. The molecular weight excluding hydrogens is 749 g/mol. The summed E-state index contributed by atoms with van der Waals surface area (Å²) in [6.07, 6.45) is -6.19. The maximum Gasteiger partial charge on any atom is 0.422 e. The number of H-pyrrole nitrogens is 1. The topological polar surface area (TPSA) is 143 Å². The SMILES string of the molecule is CCOc1nc2c(Cl)nccc2c(=O)n1-c1ccc(OCC(F)(F)F)cc1.O=c1[nH]c2c(Cl)nccc2c(=O)n1-c1ccc(OCC(F)(F)F)cc1. The van der Waals surface area contributed by atoms with Crippen molar-refractivity contribution in [2.45, 2.75) is 19.3 Å². The van der Waals surface area contributed by atoms with Crippen LogP contribution in [0.1, 0.15) is 6.92 Å². The van der Waals surface area contributed by atoms with Crippen LogP contribution in [0.15, 0.2) is 87.4 Å². The molecule has 12 nitrogen and oxygen atoms in total. The van der Waals surface area contributed by atoms with Crippen molar-refractivity contribution >= 4 is 45.0 Å². The summed E-state index contributed by atoms with van der Waals surface area (Å²) in [5.74, 6) is -0.0262. The van der Waals surface area contributed by atoms with Crippen molar-refractivity contribution in [1.82, 2.24) is 29.1 Å². The molecule has 4 aromatic heterocycles. The van der Waals surface area contributed by atoms with Gasteiger partial charge in [-0.2, -0.15) is 31.3 Å². The number of halogens is 8. The number of hydrogen-bond donors (Lipinski definition) is 1. The van der Waals surface area contributed by atoms with E-state index in [-0.39, 0.29) is 61.9 Å². The lowest BCUT2D eigenvalue weighted by Gasteiger charge is -2.14. The molecule has 52 heavy (non-hydrogen) atoms. The summed E-state index contributed by atoms with van der Waals surface area (Å²) in [6.45, 7) is -0.879. The van der Waals surface area contributed by atoms with Crippen molar-refractivity contribution in [2.24, 2.45) is 0 Å². The number of alkyl halides is 6. The monoisotopic (exact) mass is 770 g/mol. The molecule has 0 spiro atoms. The first kappa shape index (κ1) is 37.6. The highest BCUT2D eigenvalue weighted by Gasteiger charge is 2.29. The Kier molecular flexibility index (Phi) is 11.1. The van der Waals surface area contributed by atoms with Crippen molar-refractivity contribution in [3.8, 4) is 28.9 Å². The van der Waals surface area contributed by atoms with Crippen LogP contribution < -0.4 is 31.0 Å². The Morgan fingerprint density at radius 1 is 0.673 bits per heavy atom. The Balaban J connectivity index is 0.000000202. The number of ether oxygens (including phenoxy) is 3. The molecule has 0 unspecified atom stereocenters. The van der Waals surface area contributed by atoms with E-state index >= 15 is 0 Å². The molecule has 0 saturated heterocycles. The van der Waals surface area contributed by atoms with Crippen molar-refractivity contribution in [3.63, 3.8) is 0 Å². The third kappa shape index (κ3) is 8.81. The molecule has 0 bridgehead atoms. The number of aromatic nitrogens is 6. The summed E-state index contributed by atoms with van der Waals surface area (Å²) in [5, 5.41) is 0.427. The van der Waals surface area contributed by atoms with Crippen molar-refractivity contribution < 1.29 is 40.6 Å². The summed E-state index contributed by atoms with van der Waals surface area (Å²) in [6, 6.07) is 13.5. The largest absolute Gasteiger partial charge is 0.484 e. The van der Waals surface area contributed by atoms with Gasteiger partial charge in [-0.25, -0.2) is 23.9 Å². The fourth-order valence-electron chi connectivity index (χ4n) is 4.57. The van der Waals surface area contributed by atoms with E-state index < -0.39 is 42.4 Å². The second-order valence-corrected chi connectivity index (χ2v) is 11.1. The maximum atomic E-state index is 12.9. The molecule has 0 aliphatic heterocycles. The Labute approximate surface area is 296 Å². The van der Waals surface area contributed by atoms with Gasteiger partial charge in [-0.05, 0) is 67.6 Å². The van der Waals surface area contributed by atoms with Gasteiger partial charge in [0.1, 0.15) is 17.0 Å². The highest BCUT2D eigenvalue weighted by atomic mass is 35.5. The van der Waals surface area contributed by atoms with E-state index in [2.05, 4.69) is 29.4 Å². The molecular formula is C32H22Cl2F6N6O6. The van der Waals surface area contributed by atoms with Crippen LogP contribution in [0.25, 0.3) is 33.2 Å². The average Bonchev–Trinajstić information content (AvgIpc) is 3.08. The van der Waals surface area contributed by atoms with Crippen molar-refractivity contribution in [3.05, 3.63) is 115 Å². The standard InChI is InChI=1S/C17H13ClF3N3O3.C15H9ClF3N3O3/c1-2-26-16-23-13-12(7-8-22-14(13)18)15(25)24(16)10-3-5-11(6-4-10)27-9-17(19,20)21;16-12-11-10(5-6-20-12)13(23)22(14(24)21-11)8-1-3-9(4-2-8)25-7-15(17,18)19/h3-8H,2,9H2,1H3;1-6H,7H2,(H,21,24). The van der Waals surface area contributed by atoms with Crippen LogP contribution in [0.5, 0.6) is 17.5 Å². The normalized spacial score (nSPS) is 11.6. The predicted octanol–water partition coefficient (Wildman–Crippen LogP) is 6.44. The first-order valence-corrected chi connectivity index (χ1v) is 15.4. The van der Waals surface area contributed by atoms with Gasteiger partial charge in [-0.3, -0.25) is 9.59 Å². The highest BCUT2D eigenvalue weighted by molar-refractivity contribution is 6.34. The lowest BCUT2D eigenvalue weighted by atomic mass is 10.2. The number of nitrogens with zero attached hydrogens (tertiary/aromatic N) is 5. The molecule has 272 valence electrons. The molecule has 6 rings (SSSR count). The number of aromatic amines is 1. The van der Waals surface area contributed by atoms with E-state index in [1.54, 1.807) is 6.92 Å². The van der Waals surface area contributed by atoms with E-state index in [9.17, 15) is 40.7 Å². The smallest absolute Gasteiger partial charge is 0.422 e. The third-order valence-electron chi connectivity index (χ3n) is 6.75. The number of benzene rings is 2. The first-order chi connectivity index (χ1) is 24.6. The Morgan fingerprint density at radius 3 is 1.67 bits per heavy atom. The van der Waals surface area contributed by atoms with E-state index in [1.165, 1.54) is 77.6 Å². The van der Waals surface area contributed by atoms with Gasteiger partial charge in [0.05, 0.1) is 34.3 Å². The minimum atomic E-state index is -4.46. The Morgan fingerprint density at radius 2 is 1.15 bits per heavy atom. The van der Waals surface area contributed by atoms with Gasteiger partial charge in [0.25, 0.3) is 11.1 Å². The summed E-state index contributed by atoms with van der Waals surface area (Å²) in [7, 11) is 0. The minimum Gasteiger partial charge on any atom is -0.484 e. The molecule has 20 heteroatoms. The Hall–Kier alpha value is -5.62. The number of fused-ring (bicyclic) bond motifs is 2. The average molecular weight is 771 g/mol. The molecule has 1 N–H and O–H groups in total. The molecule has 2 aromatic carbocycles. The second kappa shape index (κ2) is 15.3. The lowest BCUT2D eigenvalue weighted by Crippen LogP contribution is -2.33. The fraction of sp³-hybridized carbons (Fsp3) is 0.188. The van der Waals surface area contributed by atoms with Gasteiger partial charge in [0.15, 0.2) is 23.5 Å². The van der Waals surface area contributed by atoms with Crippen LogP contribution >= 0.6 is 23.2 Å². The third-order valence-corrected chi connectivity index (χ3v) is 7.32.